The Morgan fingerprint density at radius 2 is 1.59 bits per heavy atom. The quantitative estimate of drug-likeness (QED) is 0.395. The van der Waals surface area contributed by atoms with Gasteiger partial charge in [-0.3, -0.25) is 15.6 Å². The van der Waals surface area contributed by atoms with Crippen LogP contribution in [0.15, 0.2) is 83.1 Å². The highest BCUT2D eigenvalue weighted by Crippen LogP contribution is 2.44. The van der Waals surface area contributed by atoms with Crippen LogP contribution in [-0.4, -0.2) is 11.0 Å². The number of benzene rings is 3. The second kappa shape index (κ2) is 7.09. The molecule has 0 saturated carbocycles. The summed E-state index contributed by atoms with van der Waals surface area (Å²) in [6.45, 7) is 4.00. The fraction of sp³-hybridized carbons (Fsp3) is 0. The van der Waals surface area contributed by atoms with Gasteiger partial charge < -0.3 is 10.4 Å². The van der Waals surface area contributed by atoms with Crippen molar-refractivity contribution in [3.05, 3.63) is 84.4 Å². The summed E-state index contributed by atoms with van der Waals surface area (Å²) in [6.07, 6.45) is 0. The van der Waals surface area contributed by atoms with E-state index in [1.54, 1.807) is 23.9 Å². The maximum Gasteiger partial charge on any atom is 0.269 e. The molecular formula is C21H17N3O2S. The Morgan fingerprint density at radius 1 is 0.889 bits per heavy atom. The smallest absolute Gasteiger partial charge is 0.269 e. The van der Waals surface area contributed by atoms with Crippen molar-refractivity contribution in [3.63, 3.8) is 0 Å². The largest absolute Gasteiger partial charge is 0.508 e. The molecule has 27 heavy (non-hydrogen) atoms. The summed E-state index contributed by atoms with van der Waals surface area (Å²) in [5.41, 5.74) is 9.43. The van der Waals surface area contributed by atoms with E-state index in [2.05, 4.69) is 28.8 Å². The van der Waals surface area contributed by atoms with Crippen molar-refractivity contribution < 1.29 is 9.90 Å². The summed E-state index contributed by atoms with van der Waals surface area (Å²) in [7, 11) is 0. The van der Waals surface area contributed by atoms with E-state index in [0.29, 0.717) is 11.3 Å². The van der Waals surface area contributed by atoms with Crippen molar-refractivity contribution in [3.8, 4) is 5.75 Å². The molecule has 3 aromatic carbocycles. The zero-order valence-corrected chi connectivity index (χ0v) is 15.1. The average Bonchev–Trinajstić information content (AvgIpc) is 2.70. The Labute approximate surface area is 161 Å². The second-order valence-electron chi connectivity index (χ2n) is 6.04. The molecule has 0 radical (unpaired) electrons. The van der Waals surface area contributed by atoms with Crippen LogP contribution in [0.2, 0.25) is 0 Å². The molecule has 0 aromatic heterocycles. The topological polar surface area (TPSA) is 73.4 Å². The molecule has 1 amide bonds. The third kappa shape index (κ3) is 3.61. The van der Waals surface area contributed by atoms with Gasteiger partial charge >= 0.3 is 0 Å². The van der Waals surface area contributed by atoms with E-state index in [1.165, 1.54) is 17.0 Å². The Balaban J connectivity index is 1.44. The number of para-hydroxylation sites is 1. The maximum atomic E-state index is 12.1. The lowest BCUT2D eigenvalue weighted by molar-refractivity contribution is 0.0942. The van der Waals surface area contributed by atoms with Gasteiger partial charge in [0.2, 0.25) is 0 Å². The average molecular weight is 375 g/mol. The zero-order valence-electron chi connectivity index (χ0n) is 14.3. The molecule has 5 nitrogen and oxygen atoms in total. The van der Waals surface area contributed by atoms with Gasteiger partial charge in [0, 0.05) is 20.9 Å². The monoisotopic (exact) mass is 375 g/mol. The SMILES string of the molecule is C=C(NNC(=O)c1ccc(O)cc1)c1ccc2c(c1)Nc1ccccc1S2. The lowest BCUT2D eigenvalue weighted by atomic mass is 10.1. The fourth-order valence-corrected chi connectivity index (χ4v) is 3.68. The van der Waals surface area contributed by atoms with Crippen molar-refractivity contribution in [2.45, 2.75) is 9.79 Å². The minimum atomic E-state index is -0.309. The van der Waals surface area contributed by atoms with Gasteiger partial charge in [0.25, 0.3) is 5.91 Å². The van der Waals surface area contributed by atoms with E-state index in [4.69, 9.17) is 0 Å². The first-order chi connectivity index (χ1) is 13.1. The van der Waals surface area contributed by atoms with Crippen LogP contribution in [0.4, 0.5) is 11.4 Å². The summed E-state index contributed by atoms with van der Waals surface area (Å²) in [5, 5.41) is 12.7. The summed E-state index contributed by atoms with van der Waals surface area (Å²) in [4.78, 5) is 14.5. The van der Waals surface area contributed by atoms with E-state index in [1.807, 2.05) is 36.4 Å². The van der Waals surface area contributed by atoms with E-state index in [-0.39, 0.29) is 11.7 Å². The molecular weight excluding hydrogens is 358 g/mol. The predicted molar refractivity (Wildman–Crippen MR) is 108 cm³/mol. The number of rotatable bonds is 4. The van der Waals surface area contributed by atoms with Crippen molar-refractivity contribution in [2.75, 3.05) is 5.32 Å². The molecule has 1 heterocycles. The Kier molecular flexibility index (Phi) is 4.48. The number of hydrogen-bond acceptors (Lipinski definition) is 5. The van der Waals surface area contributed by atoms with Gasteiger partial charge in [-0.1, -0.05) is 36.5 Å². The minimum Gasteiger partial charge on any atom is -0.508 e. The standard InChI is InChI=1S/C21H17N3O2S/c1-13(23-24-21(26)14-6-9-16(25)10-7-14)15-8-11-20-18(12-15)22-17-4-2-3-5-19(17)27-20/h2-12,22-23,25H,1H2,(H,24,26). The highest BCUT2D eigenvalue weighted by atomic mass is 32.2. The highest BCUT2D eigenvalue weighted by molar-refractivity contribution is 7.99. The number of anilines is 2. The molecule has 4 rings (SSSR count). The number of carbonyl (C=O) groups excluding carboxylic acids is 1. The van der Waals surface area contributed by atoms with Crippen molar-refractivity contribution in [2.24, 2.45) is 0 Å². The number of aromatic hydroxyl groups is 1. The first kappa shape index (κ1) is 17.1. The third-order valence-corrected chi connectivity index (χ3v) is 5.31. The molecule has 0 saturated heterocycles. The first-order valence-electron chi connectivity index (χ1n) is 8.33. The van der Waals surface area contributed by atoms with Gasteiger partial charge in [0.15, 0.2) is 0 Å². The summed E-state index contributed by atoms with van der Waals surface area (Å²) >= 11 is 1.72. The molecule has 0 bridgehead atoms. The summed E-state index contributed by atoms with van der Waals surface area (Å²) in [6, 6.07) is 20.2. The van der Waals surface area contributed by atoms with Gasteiger partial charge in [-0.15, -0.1) is 0 Å². The van der Waals surface area contributed by atoms with E-state index in [0.717, 1.165) is 21.8 Å². The van der Waals surface area contributed by atoms with Crippen LogP contribution in [0.25, 0.3) is 5.70 Å². The molecule has 0 unspecified atom stereocenters. The van der Waals surface area contributed by atoms with Crippen LogP contribution in [0.5, 0.6) is 5.75 Å². The van der Waals surface area contributed by atoms with Crippen LogP contribution < -0.4 is 16.2 Å². The fourth-order valence-electron chi connectivity index (χ4n) is 2.72. The van der Waals surface area contributed by atoms with Gasteiger partial charge in [-0.25, -0.2) is 0 Å². The van der Waals surface area contributed by atoms with Crippen LogP contribution in [0.1, 0.15) is 15.9 Å². The van der Waals surface area contributed by atoms with Crippen LogP contribution in [-0.2, 0) is 0 Å². The summed E-state index contributed by atoms with van der Waals surface area (Å²) < 4.78 is 0. The maximum absolute atomic E-state index is 12.1. The molecule has 4 N–H and O–H groups in total. The number of nitrogens with one attached hydrogen (secondary N) is 3. The molecule has 1 aliphatic rings. The van der Waals surface area contributed by atoms with Crippen molar-refractivity contribution in [1.29, 1.82) is 0 Å². The Hall–Kier alpha value is -3.38. The molecule has 3 aromatic rings. The summed E-state index contributed by atoms with van der Waals surface area (Å²) in [5.74, 6) is -0.193. The number of fused-ring (bicyclic) bond motifs is 2. The number of amides is 1. The van der Waals surface area contributed by atoms with Gasteiger partial charge in [-0.2, -0.15) is 0 Å². The molecule has 134 valence electrons. The van der Waals surface area contributed by atoms with Crippen LogP contribution >= 0.6 is 11.8 Å². The number of phenolic OH excluding ortho intramolecular Hbond substituents is 1. The lowest BCUT2D eigenvalue weighted by Gasteiger charge is -2.21. The molecule has 6 heteroatoms. The molecule has 0 atom stereocenters. The van der Waals surface area contributed by atoms with Gasteiger partial charge in [0.05, 0.1) is 17.1 Å². The van der Waals surface area contributed by atoms with Crippen molar-refractivity contribution >= 4 is 34.7 Å². The number of carbonyl (C=O) groups is 1. The predicted octanol–water partition coefficient (Wildman–Crippen LogP) is 4.51. The molecule has 0 fully saturated rings. The zero-order chi connectivity index (χ0) is 18.8. The Morgan fingerprint density at radius 3 is 2.41 bits per heavy atom. The van der Waals surface area contributed by atoms with E-state index in [9.17, 15) is 9.90 Å². The Bertz CT molecular complexity index is 1030. The number of hydrazine groups is 1. The minimum absolute atomic E-state index is 0.116. The first-order valence-corrected chi connectivity index (χ1v) is 9.14. The lowest BCUT2D eigenvalue weighted by Crippen LogP contribution is -2.35. The van der Waals surface area contributed by atoms with Crippen LogP contribution in [0, 0.1) is 0 Å². The molecule has 1 aliphatic heterocycles. The van der Waals surface area contributed by atoms with E-state index < -0.39 is 0 Å². The third-order valence-electron chi connectivity index (χ3n) is 4.16. The molecule has 0 spiro atoms. The number of hydrogen-bond donors (Lipinski definition) is 4. The van der Waals surface area contributed by atoms with Gasteiger partial charge in [-0.05, 0) is 48.5 Å². The van der Waals surface area contributed by atoms with Crippen molar-refractivity contribution in [1.82, 2.24) is 10.9 Å². The normalized spacial score (nSPS) is 11.6. The second-order valence-corrected chi connectivity index (χ2v) is 7.12. The molecule has 0 aliphatic carbocycles. The number of phenols is 1. The highest BCUT2D eigenvalue weighted by Gasteiger charge is 2.16. The van der Waals surface area contributed by atoms with Crippen LogP contribution in [0.3, 0.4) is 0 Å². The van der Waals surface area contributed by atoms with E-state index >= 15 is 0 Å². The van der Waals surface area contributed by atoms with Gasteiger partial charge in [0.1, 0.15) is 5.75 Å².